The first-order valence-electron chi connectivity index (χ1n) is 7.84. The standard InChI is InChI=1S/C15H23BrN4O/c1-10(2)20-15(21)14(16)13(9-17-20)18-11-5-7-19-6-3-4-12(19)8-11/h9-12,18H,3-8H2,1-2H3. The van der Waals surface area contributed by atoms with Crippen molar-refractivity contribution in [2.24, 2.45) is 0 Å². The monoisotopic (exact) mass is 354 g/mol. The van der Waals surface area contributed by atoms with Crippen molar-refractivity contribution >= 4 is 21.6 Å². The van der Waals surface area contributed by atoms with Crippen LogP contribution in [0.25, 0.3) is 0 Å². The van der Waals surface area contributed by atoms with Crippen LogP contribution in [0.3, 0.4) is 0 Å². The zero-order valence-corrected chi connectivity index (χ0v) is 14.3. The van der Waals surface area contributed by atoms with Gasteiger partial charge in [0.15, 0.2) is 0 Å². The van der Waals surface area contributed by atoms with Gasteiger partial charge in [0.25, 0.3) is 5.56 Å². The van der Waals surface area contributed by atoms with Gasteiger partial charge in [0.1, 0.15) is 4.47 Å². The molecule has 3 rings (SSSR count). The van der Waals surface area contributed by atoms with Gasteiger partial charge in [-0.05, 0) is 62.0 Å². The second kappa shape index (κ2) is 6.08. The Morgan fingerprint density at radius 2 is 2.19 bits per heavy atom. The first-order chi connectivity index (χ1) is 10.1. The minimum atomic E-state index is -0.0618. The van der Waals surface area contributed by atoms with E-state index < -0.39 is 0 Å². The molecule has 21 heavy (non-hydrogen) atoms. The summed E-state index contributed by atoms with van der Waals surface area (Å²) in [6.45, 7) is 6.34. The fourth-order valence-corrected chi connectivity index (χ4v) is 3.89. The van der Waals surface area contributed by atoms with Crippen LogP contribution < -0.4 is 10.9 Å². The SMILES string of the molecule is CC(C)n1ncc(NC2CCN3CCCC3C2)c(Br)c1=O. The fraction of sp³-hybridized carbons (Fsp3) is 0.733. The van der Waals surface area contributed by atoms with Crippen LogP contribution in [0.2, 0.25) is 0 Å². The van der Waals surface area contributed by atoms with Gasteiger partial charge in [-0.2, -0.15) is 5.10 Å². The van der Waals surface area contributed by atoms with Gasteiger partial charge in [-0.15, -0.1) is 0 Å². The molecular formula is C15H23BrN4O. The van der Waals surface area contributed by atoms with Crippen molar-refractivity contribution in [2.45, 2.75) is 57.7 Å². The molecule has 5 nitrogen and oxygen atoms in total. The van der Waals surface area contributed by atoms with E-state index in [0.29, 0.717) is 10.5 Å². The highest BCUT2D eigenvalue weighted by atomic mass is 79.9. The minimum absolute atomic E-state index is 0.0618. The summed E-state index contributed by atoms with van der Waals surface area (Å²) in [6.07, 6.45) is 6.71. The molecule has 6 heteroatoms. The number of halogens is 1. The first kappa shape index (κ1) is 15.0. The number of aromatic nitrogens is 2. The molecule has 2 saturated heterocycles. The second-order valence-electron chi connectivity index (χ2n) is 6.41. The average Bonchev–Trinajstić information content (AvgIpc) is 2.91. The molecule has 2 unspecified atom stereocenters. The Bertz CT molecular complexity index is 571. The van der Waals surface area contributed by atoms with Gasteiger partial charge in [-0.1, -0.05) is 0 Å². The Morgan fingerprint density at radius 1 is 1.38 bits per heavy atom. The molecule has 2 atom stereocenters. The number of piperidine rings is 1. The van der Waals surface area contributed by atoms with E-state index in [-0.39, 0.29) is 11.6 Å². The smallest absolute Gasteiger partial charge is 0.283 e. The van der Waals surface area contributed by atoms with Crippen molar-refractivity contribution in [3.63, 3.8) is 0 Å². The van der Waals surface area contributed by atoms with Gasteiger partial charge in [-0.3, -0.25) is 4.79 Å². The topological polar surface area (TPSA) is 50.2 Å². The summed E-state index contributed by atoms with van der Waals surface area (Å²) in [6, 6.07) is 1.24. The maximum absolute atomic E-state index is 12.3. The summed E-state index contributed by atoms with van der Waals surface area (Å²) < 4.78 is 2.11. The molecule has 0 radical (unpaired) electrons. The summed E-state index contributed by atoms with van der Waals surface area (Å²) in [7, 11) is 0. The zero-order valence-electron chi connectivity index (χ0n) is 12.7. The third kappa shape index (κ3) is 3.01. The van der Waals surface area contributed by atoms with E-state index >= 15 is 0 Å². The van der Waals surface area contributed by atoms with Crippen molar-refractivity contribution < 1.29 is 0 Å². The molecule has 116 valence electrons. The van der Waals surface area contributed by atoms with E-state index in [9.17, 15) is 4.79 Å². The normalized spacial score (nSPS) is 26.1. The molecule has 0 spiro atoms. The summed E-state index contributed by atoms with van der Waals surface area (Å²) in [5.74, 6) is 0. The van der Waals surface area contributed by atoms with Crippen LogP contribution in [-0.2, 0) is 0 Å². The van der Waals surface area contributed by atoms with Crippen molar-refractivity contribution in [2.75, 3.05) is 18.4 Å². The summed E-state index contributed by atoms with van der Waals surface area (Å²) in [4.78, 5) is 14.9. The van der Waals surface area contributed by atoms with E-state index in [1.54, 1.807) is 6.20 Å². The third-order valence-corrected chi connectivity index (χ3v) is 5.38. The molecule has 3 heterocycles. The molecule has 0 saturated carbocycles. The van der Waals surface area contributed by atoms with Crippen LogP contribution >= 0.6 is 15.9 Å². The lowest BCUT2D eigenvalue weighted by Gasteiger charge is -2.35. The molecule has 1 aromatic rings. The molecule has 0 bridgehead atoms. The number of hydrogen-bond acceptors (Lipinski definition) is 4. The first-order valence-corrected chi connectivity index (χ1v) is 8.63. The Morgan fingerprint density at radius 3 is 2.95 bits per heavy atom. The third-order valence-electron chi connectivity index (χ3n) is 4.61. The van der Waals surface area contributed by atoms with Crippen LogP contribution in [0.5, 0.6) is 0 Å². The predicted octanol–water partition coefficient (Wildman–Crippen LogP) is 2.63. The van der Waals surface area contributed by atoms with Crippen molar-refractivity contribution in [1.82, 2.24) is 14.7 Å². The van der Waals surface area contributed by atoms with Crippen LogP contribution in [0, 0.1) is 0 Å². The van der Waals surface area contributed by atoms with Crippen LogP contribution in [0.15, 0.2) is 15.5 Å². The summed E-state index contributed by atoms with van der Waals surface area (Å²) in [5, 5.41) is 7.79. The molecule has 0 aliphatic carbocycles. The van der Waals surface area contributed by atoms with Gasteiger partial charge >= 0.3 is 0 Å². The van der Waals surface area contributed by atoms with Crippen LogP contribution in [-0.4, -0.2) is 39.9 Å². The predicted molar refractivity (Wildman–Crippen MR) is 87.8 cm³/mol. The number of rotatable bonds is 3. The van der Waals surface area contributed by atoms with Crippen LogP contribution in [0.4, 0.5) is 5.69 Å². The van der Waals surface area contributed by atoms with Gasteiger partial charge in [0.05, 0.1) is 17.9 Å². The maximum Gasteiger partial charge on any atom is 0.283 e. The summed E-state index contributed by atoms with van der Waals surface area (Å²) in [5.41, 5.74) is 0.765. The van der Waals surface area contributed by atoms with E-state index in [1.165, 1.54) is 30.5 Å². The fourth-order valence-electron chi connectivity index (χ4n) is 3.49. The Labute approximate surface area is 133 Å². The largest absolute Gasteiger partial charge is 0.380 e. The highest BCUT2D eigenvalue weighted by Crippen LogP contribution is 2.29. The van der Waals surface area contributed by atoms with E-state index in [1.807, 2.05) is 13.8 Å². The summed E-state index contributed by atoms with van der Waals surface area (Å²) >= 11 is 3.44. The van der Waals surface area contributed by atoms with E-state index in [2.05, 4.69) is 31.2 Å². The minimum Gasteiger partial charge on any atom is -0.380 e. The van der Waals surface area contributed by atoms with Gasteiger partial charge in [0, 0.05) is 18.6 Å². The highest BCUT2D eigenvalue weighted by molar-refractivity contribution is 9.10. The number of hydrogen-bond donors (Lipinski definition) is 1. The number of anilines is 1. The Balaban J connectivity index is 1.73. The maximum atomic E-state index is 12.3. The highest BCUT2D eigenvalue weighted by Gasteiger charge is 2.31. The lowest BCUT2D eigenvalue weighted by Crippen LogP contribution is -2.43. The molecular weight excluding hydrogens is 332 g/mol. The molecule has 1 N–H and O–H groups in total. The lowest BCUT2D eigenvalue weighted by molar-refractivity contribution is 0.188. The Kier molecular flexibility index (Phi) is 4.36. The molecule has 0 amide bonds. The van der Waals surface area contributed by atoms with Gasteiger partial charge < -0.3 is 10.2 Å². The van der Waals surface area contributed by atoms with E-state index in [4.69, 9.17) is 0 Å². The molecule has 2 aliphatic heterocycles. The molecule has 2 aliphatic rings. The Hall–Kier alpha value is -0.880. The van der Waals surface area contributed by atoms with Crippen molar-refractivity contribution in [1.29, 1.82) is 0 Å². The van der Waals surface area contributed by atoms with Gasteiger partial charge in [0.2, 0.25) is 0 Å². The average molecular weight is 355 g/mol. The van der Waals surface area contributed by atoms with Crippen molar-refractivity contribution in [3.8, 4) is 0 Å². The zero-order chi connectivity index (χ0) is 15.0. The van der Waals surface area contributed by atoms with Gasteiger partial charge in [-0.25, -0.2) is 4.68 Å². The lowest BCUT2D eigenvalue weighted by atomic mass is 9.97. The molecule has 2 fully saturated rings. The van der Waals surface area contributed by atoms with E-state index in [0.717, 1.165) is 24.7 Å². The molecule has 0 aromatic carbocycles. The second-order valence-corrected chi connectivity index (χ2v) is 7.21. The van der Waals surface area contributed by atoms with Crippen LogP contribution in [0.1, 0.15) is 45.6 Å². The number of nitrogens with zero attached hydrogens (tertiary/aromatic N) is 3. The quantitative estimate of drug-likeness (QED) is 0.906. The van der Waals surface area contributed by atoms with Crippen molar-refractivity contribution in [3.05, 3.63) is 21.0 Å². The number of fused-ring (bicyclic) bond motifs is 1. The number of nitrogens with one attached hydrogen (secondary N) is 1. The molecule has 1 aromatic heterocycles.